The van der Waals surface area contributed by atoms with Gasteiger partial charge in [0.2, 0.25) is 0 Å². The third-order valence-electron chi connectivity index (χ3n) is 2.50. The van der Waals surface area contributed by atoms with E-state index in [-0.39, 0.29) is 12.6 Å². The van der Waals surface area contributed by atoms with Crippen LogP contribution < -0.4 is 11.1 Å². The van der Waals surface area contributed by atoms with Gasteiger partial charge < -0.3 is 16.2 Å². The molecule has 1 aliphatic rings. The summed E-state index contributed by atoms with van der Waals surface area (Å²) in [5.41, 5.74) is 9.03. The van der Waals surface area contributed by atoms with Gasteiger partial charge in [-0.15, -0.1) is 0 Å². The molecule has 0 saturated carbocycles. The highest BCUT2D eigenvalue weighted by molar-refractivity contribution is 5.45. The molecule has 0 aliphatic carbocycles. The van der Waals surface area contributed by atoms with Crippen LogP contribution in [0.5, 0.6) is 0 Å². The van der Waals surface area contributed by atoms with E-state index in [2.05, 4.69) is 5.32 Å². The number of rotatable bonds is 1. The van der Waals surface area contributed by atoms with Crippen LogP contribution in [0.3, 0.4) is 0 Å². The molecule has 1 aliphatic heterocycles. The van der Waals surface area contributed by atoms with Gasteiger partial charge in [-0.3, -0.25) is 0 Å². The maximum Gasteiger partial charge on any atom is 0.0587 e. The lowest BCUT2D eigenvalue weighted by Crippen LogP contribution is -2.38. The number of benzene rings is 1. The summed E-state index contributed by atoms with van der Waals surface area (Å²) >= 11 is 0. The molecular formula is C10H14N2O. The standard InChI is InChI=1S/C10H14N2O/c11-9-2-1-7-4-10(6-13)12-5-8(7)3-9/h1-3,10,12-13H,4-6,11H2. The van der Waals surface area contributed by atoms with E-state index in [1.165, 1.54) is 11.1 Å². The molecule has 3 nitrogen and oxygen atoms in total. The van der Waals surface area contributed by atoms with Gasteiger partial charge >= 0.3 is 0 Å². The van der Waals surface area contributed by atoms with Crippen LogP contribution in [-0.2, 0) is 13.0 Å². The summed E-state index contributed by atoms with van der Waals surface area (Å²) < 4.78 is 0. The van der Waals surface area contributed by atoms with Crippen molar-refractivity contribution in [2.75, 3.05) is 12.3 Å². The SMILES string of the molecule is Nc1ccc2c(c1)CNC(CO)C2. The van der Waals surface area contributed by atoms with E-state index in [1.54, 1.807) is 0 Å². The van der Waals surface area contributed by atoms with E-state index >= 15 is 0 Å². The highest BCUT2D eigenvalue weighted by Gasteiger charge is 2.16. The molecule has 0 bridgehead atoms. The number of nitrogens with two attached hydrogens (primary N) is 1. The van der Waals surface area contributed by atoms with Crippen molar-refractivity contribution >= 4 is 5.69 Å². The van der Waals surface area contributed by atoms with E-state index < -0.39 is 0 Å². The topological polar surface area (TPSA) is 58.3 Å². The second-order valence-electron chi connectivity index (χ2n) is 3.49. The van der Waals surface area contributed by atoms with Gasteiger partial charge in [-0.25, -0.2) is 0 Å². The average Bonchev–Trinajstić information content (AvgIpc) is 2.17. The normalized spacial score (nSPS) is 21.2. The third-order valence-corrected chi connectivity index (χ3v) is 2.50. The number of aliphatic hydroxyl groups is 1. The second kappa shape index (κ2) is 3.36. The highest BCUT2D eigenvalue weighted by Crippen LogP contribution is 2.19. The van der Waals surface area contributed by atoms with Crippen molar-refractivity contribution in [2.24, 2.45) is 0 Å². The Kier molecular flexibility index (Phi) is 2.20. The van der Waals surface area contributed by atoms with Crippen LogP contribution in [0.4, 0.5) is 5.69 Å². The first-order chi connectivity index (χ1) is 6.29. The first kappa shape index (κ1) is 8.53. The lowest BCUT2D eigenvalue weighted by Gasteiger charge is -2.24. The first-order valence-corrected chi connectivity index (χ1v) is 4.51. The van der Waals surface area contributed by atoms with Gasteiger partial charge in [0.15, 0.2) is 0 Å². The number of anilines is 1. The first-order valence-electron chi connectivity index (χ1n) is 4.51. The number of hydrogen-bond donors (Lipinski definition) is 3. The Hall–Kier alpha value is -1.06. The monoisotopic (exact) mass is 178 g/mol. The molecule has 0 radical (unpaired) electrons. The minimum Gasteiger partial charge on any atom is -0.399 e. The summed E-state index contributed by atoms with van der Waals surface area (Å²) in [6.07, 6.45) is 0.895. The number of fused-ring (bicyclic) bond motifs is 1. The zero-order chi connectivity index (χ0) is 9.26. The van der Waals surface area contributed by atoms with Gasteiger partial charge in [-0.2, -0.15) is 0 Å². The quantitative estimate of drug-likeness (QED) is 0.541. The van der Waals surface area contributed by atoms with Crippen molar-refractivity contribution < 1.29 is 5.11 Å². The summed E-state index contributed by atoms with van der Waals surface area (Å²) in [5.74, 6) is 0. The van der Waals surface area contributed by atoms with Gasteiger partial charge in [0.05, 0.1) is 6.61 Å². The van der Waals surface area contributed by atoms with Gasteiger partial charge in [-0.05, 0) is 29.7 Å². The van der Waals surface area contributed by atoms with Gasteiger partial charge in [0, 0.05) is 18.3 Å². The summed E-state index contributed by atoms with van der Waals surface area (Å²) in [4.78, 5) is 0. The van der Waals surface area contributed by atoms with Gasteiger partial charge in [0.25, 0.3) is 0 Å². The summed E-state index contributed by atoms with van der Waals surface area (Å²) in [6, 6.07) is 6.17. The van der Waals surface area contributed by atoms with E-state index in [9.17, 15) is 0 Å². The molecular weight excluding hydrogens is 164 g/mol. The molecule has 1 heterocycles. The summed E-state index contributed by atoms with van der Waals surface area (Å²) in [7, 11) is 0. The maximum atomic E-state index is 8.98. The largest absolute Gasteiger partial charge is 0.399 e. The number of nitrogen functional groups attached to an aromatic ring is 1. The lowest BCUT2D eigenvalue weighted by molar-refractivity contribution is 0.236. The molecule has 1 aromatic rings. The van der Waals surface area contributed by atoms with Gasteiger partial charge in [0.1, 0.15) is 0 Å². The van der Waals surface area contributed by atoms with E-state index in [0.29, 0.717) is 0 Å². The van der Waals surface area contributed by atoms with E-state index in [0.717, 1.165) is 18.7 Å². The molecule has 1 unspecified atom stereocenters. The zero-order valence-corrected chi connectivity index (χ0v) is 7.46. The van der Waals surface area contributed by atoms with E-state index in [1.807, 2.05) is 18.2 Å². The Morgan fingerprint density at radius 2 is 2.31 bits per heavy atom. The Labute approximate surface area is 77.6 Å². The Morgan fingerprint density at radius 1 is 1.46 bits per heavy atom. The summed E-state index contributed by atoms with van der Waals surface area (Å²) in [6.45, 7) is 1.01. The van der Waals surface area contributed by atoms with Crippen LogP contribution in [0.1, 0.15) is 11.1 Å². The zero-order valence-electron chi connectivity index (χ0n) is 7.46. The van der Waals surface area contributed by atoms with E-state index in [4.69, 9.17) is 10.8 Å². The Balaban J connectivity index is 2.26. The Bertz CT molecular complexity index is 312. The van der Waals surface area contributed by atoms with Crippen LogP contribution in [0, 0.1) is 0 Å². The fourth-order valence-corrected chi connectivity index (χ4v) is 1.73. The van der Waals surface area contributed by atoms with Crippen LogP contribution in [0.25, 0.3) is 0 Å². The fraction of sp³-hybridized carbons (Fsp3) is 0.400. The number of hydrogen-bond acceptors (Lipinski definition) is 3. The molecule has 70 valence electrons. The third kappa shape index (κ3) is 1.66. The van der Waals surface area contributed by atoms with Crippen molar-refractivity contribution in [1.82, 2.24) is 5.32 Å². The molecule has 2 rings (SSSR count). The van der Waals surface area contributed by atoms with Crippen molar-refractivity contribution in [1.29, 1.82) is 0 Å². The van der Waals surface area contributed by atoms with Crippen LogP contribution >= 0.6 is 0 Å². The highest BCUT2D eigenvalue weighted by atomic mass is 16.3. The molecule has 3 heteroatoms. The maximum absolute atomic E-state index is 8.98. The van der Waals surface area contributed by atoms with Crippen molar-refractivity contribution in [3.05, 3.63) is 29.3 Å². The van der Waals surface area contributed by atoms with Crippen molar-refractivity contribution in [3.8, 4) is 0 Å². The molecule has 0 aromatic heterocycles. The number of nitrogens with one attached hydrogen (secondary N) is 1. The van der Waals surface area contributed by atoms with Crippen molar-refractivity contribution in [3.63, 3.8) is 0 Å². The molecule has 0 saturated heterocycles. The van der Waals surface area contributed by atoms with Crippen LogP contribution in [0.2, 0.25) is 0 Å². The lowest BCUT2D eigenvalue weighted by atomic mass is 9.96. The predicted molar refractivity (Wildman–Crippen MR) is 52.3 cm³/mol. The Morgan fingerprint density at radius 3 is 3.08 bits per heavy atom. The predicted octanol–water partition coefficient (Wildman–Crippen LogP) is 0.275. The molecule has 1 aromatic carbocycles. The minimum absolute atomic E-state index is 0.198. The number of aliphatic hydroxyl groups excluding tert-OH is 1. The van der Waals surface area contributed by atoms with Gasteiger partial charge in [-0.1, -0.05) is 6.07 Å². The molecule has 1 atom stereocenters. The minimum atomic E-state index is 0.198. The summed E-state index contributed by atoms with van der Waals surface area (Å²) in [5, 5.41) is 12.2. The molecule has 4 N–H and O–H groups in total. The molecule has 0 spiro atoms. The second-order valence-corrected chi connectivity index (χ2v) is 3.49. The van der Waals surface area contributed by atoms with Crippen LogP contribution in [-0.4, -0.2) is 17.8 Å². The molecule has 0 fully saturated rings. The average molecular weight is 178 g/mol. The van der Waals surface area contributed by atoms with Crippen LogP contribution in [0.15, 0.2) is 18.2 Å². The molecule has 13 heavy (non-hydrogen) atoms. The smallest absolute Gasteiger partial charge is 0.0587 e. The molecule has 0 amide bonds. The fourth-order valence-electron chi connectivity index (χ4n) is 1.73. The van der Waals surface area contributed by atoms with Crippen molar-refractivity contribution in [2.45, 2.75) is 19.0 Å².